The van der Waals surface area contributed by atoms with Crippen LogP contribution in [0.15, 0.2) is 33.5 Å². The zero-order valence-corrected chi connectivity index (χ0v) is 10.1. The fourth-order valence-electron chi connectivity index (χ4n) is 1.14. The highest BCUT2D eigenvalue weighted by molar-refractivity contribution is 14.1. The molecule has 1 aliphatic carbocycles. The summed E-state index contributed by atoms with van der Waals surface area (Å²) >= 11 is 5.76. The Bertz CT molecular complexity index is 352. The fraction of sp³-hybridized carbons (Fsp3) is 0.250. The van der Waals surface area contributed by atoms with Crippen LogP contribution in [0.5, 0.6) is 0 Å². The van der Waals surface area contributed by atoms with Crippen molar-refractivity contribution in [3.8, 4) is 0 Å². The zero-order chi connectivity index (χ0) is 8.72. The van der Waals surface area contributed by atoms with E-state index in [1.165, 1.54) is 5.57 Å². The van der Waals surface area contributed by atoms with E-state index in [0.29, 0.717) is 4.83 Å². The quantitative estimate of drug-likeness (QED) is 0.480. The van der Waals surface area contributed by atoms with Gasteiger partial charge in [-0.05, 0) is 35.6 Å². The van der Waals surface area contributed by atoms with E-state index in [9.17, 15) is 0 Å². The minimum absolute atomic E-state index is 0.338. The molecule has 0 fully saturated rings. The molecule has 0 aromatic heterocycles. The highest BCUT2D eigenvalue weighted by atomic mass is 127. The zero-order valence-electron chi connectivity index (χ0n) is 6.38. The maximum atomic E-state index is 4.06. The number of fused-ring (bicyclic) bond motifs is 1. The van der Waals surface area contributed by atoms with Gasteiger partial charge in [0.05, 0.1) is 10.5 Å². The van der Waals surface area contributed by atoms with Gasteiger partial charge in [0, 0.05) is 5.57 Å². The molecule has 2 nitrogen and oxygen atoms in total. The fourth-order valence-corrected chi connectivity index (χ4v) is 2.11. The normalized spacial score (nSPS) is 27.1. The van der Waals surface area contributed by atoms with Gasteiger partial charge in [0.25, 0.3) is 0 Å². The molecule has 12 heavy (non-hydrogen) atoms. The van der Waals surface area contributed by atoms with Crippen LogP contribution in [0.3, 0.4) is 0 Å². The molecule has 0 bridgehead atoms. The van der Waals surface area contributed by atoms with Crippen LogP contribution in [0.4, 0.5) is 0 Å². The molecule has 0 unspecified atom stereocenters. The van der Waals surface area contributed by atoms with Gasteiger partial charge in [0.2, 0.25) is 0 Å². The van der Waals surface area contributed by atoms with Gasteiger partial charge < -0.3 is 0 Å². The summed E-state index contributed by atoms with van der Waals surface area (Å²) in [5.41, 5.74) is 3.43. The van der Waals surface area contributed by atoms with E-state index >= 15 is 0 Å². The molecule has 0 saturated heterocycles. The standard InChI is InChI=1S/C8H6BrIN2/c1-4-2-7-5(3-6(4)9)8(10)12-11-7/h2-3,6H,1H3/t6-/m0/s1. The lowest BCUT2D eigenvalue weighted by atomic mass is 10.00. The summed E-state index contributed by atoms with van der Waals surface area (Å²) in [7, 11) is 0. The minimum atomic E-state index is 0.338. The third-order valence-corrected chi connectivity index (χ3v) is 3.64. The molecule has 62 valence electrons. The SMILES string of the molecule is CC1=CC2=NN=C(I)C2=C[C@@H]1Br. The molecule has 2 aliphatic rings. The van der Waals surface area contributed by atoms with Crippen LogP contribution in [0.25, 0.3) is 0 Å². The van der Waals surface area contributed by atoms with Crippen LogP contribution >= 0.6 is 38.5 Å². The Morgan fingerprint density at radius 1 is 1.50 bits per heavy atom. The predicted molar refractivity (Wildman–Crippen MR) is 63.4 cm³/mol. The third kappa shape index (κ3) is 1.31. The van der Waals surface area contributed by atoms with E-state index in [2.05, 4.69) is 67.8 Å². The first-order valence-corrected chi connectivity index (χ1v) is 5.54. The lowest BCUT2D eigenvalue weighted by Gasteiger charge is -2.12. The second kappa shape index (κ2) is 3.06. The van der Waals surface area contributed by atoms with Crippen molar-refractivity contribution in [2.24, 2.45) is 10.2 Å². The highest BCUT2D eigenvalue weighted by Gasteiger charge is 2.22. The van der Waals surface area contributed by atoms with Gasteiger partial charge in [-0.25, -0.2) is 0 Å². The maximum absolute atomic E-state index is 4.06. The molecule has 0 amide bonds. The Balaban J connectivity index is 2.44. The molecule has 1 aliphatic heterocycles. The van der Waals surface area contributed by atoms with Gasteiger partial charge in [0.1, 0.15) is 3.72 Å². The topological polar surface area (TPSA) is 24.7 Å². The van der Waals surface area contributed by atoms with E-state index in [-0.39, 0.29) is 0 Å². The summed E-state index contributed by atoms with van der Waals surface area (Å²) < 4.78 is 0.982. The lowest BCUT2D eigenvalue weighted by Crippen LogP contribution is -2.12. The molecule has 0 N–H and O–H groups in total. The molecule has 0 aromatic carbocycles. The van der Waals surface area contributed by atoms with Crippen molar-refractivity contribution >= 4 is 48.0 Å². The predicted octanol–water partition coefficient (Wildman–Crippen LogP) is 2.84. The lowest BCUT2D eigenvalue weighted by molar-refractivity contribution is 1.23. The van der Waals surface area contributed by atoms with E-state index in [4.69, 9.17) is 0 Å². The smallest absolute Gasteiger partial charge is 0.133 e. The molecule has 4 heteroatoms. The summed E-state index contributed by atoms with van der Waals surface area (Å²) in [5.74, 6) is 0. The van der Waals surface area contributed by atoms with Gasteiger partial charge in [0.15, 0.2) is 0 Å². The molecule has 0 spiro atoms. The largest absolute Gasteiger partial charge is 0.149 e. The van der Waals surface area contributed by atoms with E-state index in [0.717, 1.165) is 15.0 Å². The van der Waals surface area contributed by atoms with Crippen LogP contribution < -0.4 is 0 Å². The number of hydrogen-bond acceptors (Lipinski definition) is 2. The first kappa shape index (κ1) is 8.62. The molecule has 2 rings (SSSR count). The summed E-state index contributed by atoms with van der Waals surface area (Å²) in [4.78, 5) is 0.338. The molecule has 0 saturated carbocycles. The van der Waals surface area contributed by atoms with Crippen LogP contribution in [0.2, 0.25) is 0 Å². The van der Waals surface area contributed by atoms with Crippen molar-refractivity contribution in [1.82, 2.24) is 0 Å². The molecule has 1 atom stereocenters. The summed E-state index contributed by atoms with van der Waals surface area (Å²) in [6, 6.07) is 0. The van der Waals surface area contributed by atoms with Crippen LogP contribution in [0.1, 0.15) is 6.92 Å². The van der Waals surface area contributed by atoms with Crippen molar-refractivity contribution in [1.29, 1.82) is 0 Å². The Kier molecular flexibility index (Phi) is 2.20. The number of nitrogens with zero attached hydrogens (tertiary/aromatic N) is 2. The van der Waals surface area contributed by atoms with Crippen molar-refractivity contribution in [2.45, 2.75) is 11.8 Å². The number of rotatable bonds is 0. The van der Waals surface area contributed by atoms with Crippen molar-refractivity contribution in [3.63, 3.8) is 0 Å². The Hall–Kier alpha value is 0.0300. The summed E-state index contributed by atoms with van der Waals surface area (Å²) in [6.07, 6.45) is 4.22. The second-order valence-electron chi connectivity index (χ2n) is 2.75. The van der Waals surface area contributed by atoms with Gasteiger partial charge in [-0.2, -0.15) is 0 Å². The van der Waals surface area contributed by atoms with Crippen LogP contribution in [-0.2, 0) is 0 Å². The summed E-state index contributed by atoms with van der Waals surface area (Å²) in [6.45, 7) is 2.08. The first-order chi connectivity index (χ1) is 5.68. The second-order valence-corrected chi connectivity index (χ2v) is 4.75. The Morgan fingerprint density at radius 3 is 3.00 bits per heavy atom. The number of hydrogen-bond donors (Lipinski definition) is 0. The van der Waals surface area contributed by atoms with Gasteiger partial charge in [-0.1, -0.05) is 27.6 Å². The van der Waals surface area contributed by atoms with Crippen molar-refractivity contribution in [3.05, 3.63) is 23.3 Å². The first-order valence-electron chi connectivity index (χ1n) is 3.54. The number of halogens is 2. The van der Waals surface area contributed by atoms with Gasteiger partial charge in [-0.15, -0.1) is 10.2 Å². The molecule has 1 heterocycles. The number of alkyl halides is 1. The number of allylic oxidation sites excluding steroid dienone is 4. The molecule has 0 radical (unpaired) electrons. The van der Waals surface area contributed by atoms with Gasteiger partial charge in [-0.3, -0.25) is 0 Å². The average Bonchev–Trinajstić information content (AvgIpc) is 2.35. The average molecular weight is 337 g/mol. The maximum Gasteiger partial charge on any atom is 0.133 e. The van der Waals surface area contributed by atoms with Gasteiger partial charge >= 0.3 is 0 Å². The Labute approximate surface area is 92.8 Å². The van der Waals surface area contributed by atoms with E-state index in [1.807, 2.05) is 0 Å². The highest BCUT2D eigenvalue weighted by Crippen LogP contribution is 2.27. The molecular weight excluding hydrogens is 331 g/mol. The summed E-state index contributed by atoms with van der Waals surface area (Å²) in [5, 5.41) is 8.06. The van der Waals surface area contributed by atoms with E-state index < -0.39 is 0 Å². The third-order valence-electron chi connectivity index (χ3n) is 1.86. The van der Waals surface area contributed by atoms with Crippen molar-refractivity contribution < 1.29 is 0 Å². The van der Waals surface area contributed by atoms with Crippen LogP contribution in [-0.4, -0.2) is 14.3 Å². The molecular formula is C8H6BrIN2. The van der Waals surface area contributed by atoms with Crippen molar-refractivity contribution in [2.75, 3.05) is 0 Å². The monoisotopic (exact) mass is 336 g/mol. The van der Waals surface area contributed by atoms with E-state index in [1.54, 1.807) is 0 Å². The van der Waals surface area contributed by atoms with Crippen LogP contribution in [0, 0.1) is 0 Å². The minimum Gasteiger partial charge on any atom is -0.149 e. The Morgan fingerprint density at radius 2 is 2.25 bits per heavy atom. The molecule has 0 aromatic rings.